The normalized spacial score (nSPS) is 11.6. The monoisotopic (exact) mass is 548 g/mol. The van der Waals surface area contributed by atoms with Crippen LogP contribution in [0.25, 0.3) is 55.4 Å². The molecule has 7 aromatic carbocycles. The number of anilines is 3. The van der Waals surface area contributed by atoms with E-state index in [0.717, 1.165) is 44.3 Å². The Bertz CT molecular complexity index is 2250. The van der Waals surface area contributed by atoms with Gasteiger partial charge in [0.2, 0.25) is 0 Å². The molecule has 0 aliphatic heterocycles. The fraction of sp³-hybridized carbons (Fsp3) is 0. The molecule has 0 saturated heterocycles. The third-order valence-corrected chi connectivity index (χ3v) is 8.18. The number of nitrogens with zero attached hydrogens (tertiary/aromatic N) is 2. The molecule has 0 N–H and O–H groups in total. The first-order valence-corrected chi connectivity index (χ1v) is 14.6. The van der Waals surface area contributed by atoms with Gasteiger partial charge in [0.05, 0.1) is 11.2 Å². The second-order valence-corrected chi connectivity index (χ2v) is 10.9. The van der Waals surface area contributed by atoms with Crippen LogP contribution in [0, 0.1) is 0 Å². The van der Waals surface area contributed by atoms with Crippen LogP contribution in [-0.2, 0) is 0 Å². The maximum atomic E-state index is 4.91. The van der Waals surface area contributed by atoms with E-state index < -0.39 is 0 Å². The van der Waals surface area contributed by atoms with E-state index in [1.54, 1.807) is 0 Å². The molecule has 0 unspecified atom stereocenters. The van der Waals surface area contributed by atoms with Crippen molar-refractivity contribution in [2.45, 2.75) is 0 Å². The second kappa shape index (κ2) is 10.6. The smallest absolute Gasteiger partial charge is 0.0801 e. The zero-order valence-corrected chi connectivity index (χ0v) is 23.6. The molecule has 2 nitrogen and oxygen atoms in total. The van der Waals surface area contributed by atoms with Gasteiger partial charge in [-0.2, -0.15) is 0 Å². The summed E-state index contributed by atoms with van der Waals surface area (Å²) in [6.45, 7) is 0. The van der Waals surface area contributed by atoms with Gasteiger partial charge in [0.15, 0.2) is 0 Å². The molecule has 0 spiro atoms. The van der Waals surface area contributed by atoms with Crippen LogP contribution in [-0.4, -0.2) is 4.98 Å². The molecular formula is C41H28N2. The van der Waals surface area contributed by atoms with Gasteiger partial charge in [-0.3, -0.25) is 4.98 Å². The van der Waals surface area contributed by atoms with Crippen molar-refractivity contribution >= 4 is 72.4 Å². The maximum Gasteiger partial charge on any atom is 0.0801 e. The fourth-order valence-corrected chi connectivity index (χ4v) is 6.08. The molecule has 8 aromatic rings. The zero-order valence-electron chi connectivity index (χ0n) is 23.6. The Morgan fingerprint density at radius 3 is 1.70 bits per heavy atom. The summed E-state index contributed by atoms with van der Waals surface area (Å²) >= 11 is 0. The van der Waals surface area contributed by atoms with Gasteiger partial charge in [-0.05, 0) is 105 Å². The highest BCUT2D eigenvalue weighted by atomic mass is 15.1. The Morgan fingerprint density at radius 2 is 1.00 bits per heavy atom. The van der Waals surface area contributed by atoms with Crippen LogP contribution in [0.4, 0.5) is 17.1 Å². The summed E-state index contributed by atoms with van der Waals surface area (Å²) in [4.78, 5) is 7.23. The minimum atomic E-state index is 1.000. The van der Waals surface area contributed by atoms with E-state index in [1.807, 2.05) is 12.3 Å². The van der Waals surface area contributed by atoms with Crippen LogP contribution in [0.2, 0.25) is 0 Å². The molecule has 1 aromatic heterocycles. The van der Waals surface area contributed by atoms with Crippen LogP contribution >= 0.6 is 0 Å². The number of pyridine rings is 1. The molecule has 0 fully saturated rings. The van der Waals surface area contributed by atoms with Crippen molar-refractivity contribution in [2.75, 3.05) is 4.90 Å². The van der Waals surface area contributed by atoms with E-state index in [0.29, 0.717) is 0 Å². The zero-order chi connectivity index (χ0) is 28.6. The molecule has 43 heavy (non-hydrogen) atoms. The Hall–Kier alpha value is -5.73. The second-order valence-electron chi connectivity index (χ2n) is 10.9. The average Bonchev–Trinajstić information content (AvgIpc) is 3.07. The Kier molecular flexibility index (Phi) is 6.16. The lowest BCUT2D eigenvalue weighted by Crippen LogP contribution is -2.10. The van der Waals surface area contributed by atoms with Gasteiger partial charge in [-0.15, -0.1) is 0 Å². The topological polar surface area (TPSA) is 16.1 Å². The van der Waals surface area contributed by atoms with Crippen LogP contribution in [0.15, 0.2) is 158 Å². The van der Waals surface area contributed by atoms with Crippen LogP contribution in [0.3, 0.4) is 0 Å². The molecule has 8 rings (SSSR count). The van der Waals surface area contributed by atoms with Crippen LogP contribution in [0.5, 0.6) is 0 Å². The molecule has 0 atom stereocenters. The third-order valence-electron chi connectivity index (χ3n) is 8.18. The lowest BCUT2D eigenvalue weighted by molar-refractivity contribution is 1.30. The molecule has 0 aliphatic carbocycles. The van der Waals surface area contributed by atoms with Crippen molar-refractivity contribution in [3.63, 3.8) is 0 Å². The standard InChI is InChI=1S/C41H28N2/c1-3-12-36(13-4-1)43(37-14-5-2-6-15-37)40-28-34-22-20-30(25-39(34)41-38(40)16-9-23-42-41)18-17-29-19-21-33-26-31-10-7-8-11-32(31)27-35(33)24-29/h1-28H/b18-17+. The van der Waals surface area contributed by atoms with E-state index in [4.69, 9.17) is 4.98 Å². The summed E-state index contributed by atoms with van der Waals surface area (Å²) in [7, 11) is 0. The summed E-state index contributed by atoms with van der Waals surface area (Å²) in [5, 5.41) is 8.47. The first kappa shape index (κ1) is 25.0. The number of benzene rings is 7. The Labute approximate surface area is 250 Å². The van der Waals surface area contributed by atoms with E-state index in [9.17, 15) is 0 Å². The lowest BCUT2D eigenvalue weighted by atomic mass is 9.99. The molecule has 0 saturated carbocycles. The number of hydrogen-bond donors (Lipinski definition) is 0. The SMILES string of the molecule is C(=C\c1ccc2cc(N(c3ccccc3)c3ccccc3)c3cccnc3c2c1)/c1ccc2cc3ccccc3cc2c1. The number of aromatic nitrogens is 1. The molecule has 0 amide bonds. The number of fused-ring (bicyclic) bond motifs is 5. The Morgan fingerprint density at radius 1 is 0.419 bits per heavy atom. The third kappa shape index (κ3) is 4.69. The van der Waals surface area contributed by atoms with Gasteiger partial charge in [-0.1, -0.05) is 97.1 Å². The van der Waals surface area contributed by atoms with E-state index in [-0.39, 0.29) is 0 Å². The number of rotatable bonds is 5. The molecule has 1 heterocycles. The highest BCUT2D eigenvalue weighted by Crippen LogP contribution is 2.41. The van der Waals surface area contributed by atoms with Gasteiger partial charge in [0.25, 0.3) is 0 Å². The highest BCUT2D eigenvalue weighted by Gasteiger charge is 2.17. The van der Waals surface area contributed by atoms with Crippen LogP contribution in [0.1, 0.15) is 11.1 Å². The van der Waals surface area contributed by atoms with Gasteiger partial charge in [0, 0.05) is 28.3 Å². The van der Waals surface area contributed by atoms with Gasteiger partial charge in [-0.25, -0.2) is 0 Å². The van der Waals surface area contributed by atoms with Crippen molar-refractivity contribution in [1.82, 2.24) is 4.98 Å². The number of hydrogen-bond acceptors (Lipinski definition) is 2. The predicted octanol–water partition coefficient (Wildman–Crippen LogP) is 11.3. The predicted molar refractivity (Wildman–Crippen MR) is 184 cm³/mol. The lowest BCUT2D eigenvalue weighted by Gasteiger charge is -2.27. The summed E-state index contributed by atoms with van der Waals surface area (Å²) in [5.74, 6) is 0. The fourth-order valence-electron chi connectivity index (χ4n) is 6.08. The van der Waals surface area contributed by atoms with Crippen molar-refractivity contribution in [1.29, 1.82) is 0 Å². The number of para-hydroxylation sites is 2. The summed E-state index contributed by atoms with van der Waals surface area (Å²) in [6.07, 6.45) is 6.29. The minimum Gasteiger partial charge on any atom is -0.310 e. The minimum absolute atomic E-state index is 1.000. The molecule has 202 valence electrons. The van der Waals surface area contributed by atoms with E-state index >= 15 is 0 Å². The van der Waals surface area contributed by atoms with Gasteiger partial charge in [0.1, 0.15) is 0 Å². The van der Waals surface area contributed by atoms with E-state index in [2.05, 4.69) is 163 Å². The van der Waals surface area contributed by atoms with Gasteiger partial charge >= 0.3 is 0 Å². The van der Waals surface area contributed by atoms with E-state index in [1.165, 1.54) is 27.1 Å². The molecule has 0 aliphatic rings. The average molecular weight is 549 g/mol. The van der Waals surface area contributed by atoms with Crippen molar-refractivity contribution in [3.8, 4) is 0 Å². The van der Waals surface area contributed by atoms with Crippen molar-refractivity contribution in [3.05, 3.63) is 169 Å². The molecule has 0 radical (unpaired) electrons. The quantitative estimate of drug-likeness (QED) is 0.121. The summed E-state index contributed by atoms with van der Waals surface area (Å²) in [6, 6.07) is 54.0. The molecular weight excluding hydrogens is 520 g/mol. The molecule has 2 heteroatoms. The van der Waals surface area contributed by atoms with Crippen molar-refractivity contribution in [2.24, 2.45) is 0 Å². The Balaban J connectivity index is 1.22. The molecule has 0 bridgehead atoms. The highest BCUT2D eigenvalue weighted by molar-refractivity contribution is 6.13. The summed E-state index contributed by atoms with van der Waals surface area (Å²) in [5.41, 5.74) is 6.67. The van der Waals surface area contributed by atoms with Crippen molar-refractivity contribution < 1.29 is 0 Å². The maximum absolute atomic E-state index is 4.91. The van der Waals surface area contributed by atoms with Gasteiger partial charge < -0.3 is 4.90 Å². The first-order valence-electron chi connectivity index (χ1n) is 14.6. The largest absolute Gasteiger partial charge is 0.310 e. The summed E-state index contributed by atoms with van der Waals surface area (Å²) < 4.78 is 0. The first-order chi connectivity index (χ1) is 21.3. The van der Waals surface area contributed by atoms with Crippen LogP contribution < -0.4 is 4.90 Å².